The molecule has 0 spiro atoms. The molecule has 3 rings (SSSR count). The summed E-state index contributed by atoms with van der Waals surface area (Å²) in [4.78, 5) is 4.88. The highest BCUT2D eigenvalue weighted by Crippen LogP contribution is 2.19. The number of thiocarbonyl (C=S) groups is 1. The minimum Gasteiger partial charge on any atom is -0.379 e. The molecule has 2 fully saturated rings. The van der Waals surface area contributed by atoms with Crippen molar-refractivity contribution < 1.29 is 4.74 Å². The van der Waals surface area contributed by atoms with Gasteiger partial charge in [-0.2, -0.15) is 0 Å². The van der Waals surface area contributed by atoms with Crippen molar-refractivity contribution in [2.45, 2.75) is 64.5 Å². The van der Waals surface area contributed by atoms with E-state index in [1.54, 1.807) is 0 Å². The zero-order valence-electron chi connectivity index (χ0n) is 17.7. The van der Waals surface area contributed by atoms with Gasteiger partial charge in [0.2, 0.25) is 0 Å². The molecule has 1 aliphatic carbocycles. The van der Waals surface area contributed by atoms with Crippen molar-refractivity contribution in [3.8, 4) is 0 Å². The first-order chi connectivity index (χ1) is 13.6. The van der Waals surface area contributed by atoms with Crippen molar-refractivity contribution in [3.63, 3.8) is 0 Å². The first kappa shape index (κ1) is 21.5. The van der Waals surface area contributed by atoms with Gasteiger partial charge in [-0.25, -0.2) is 0 Å². The Bertz CT molecular complexity index is 592. The van der Waals surface area contributed by atoms with Crippen molar-refractivity contribution in [2.75, 3.05) is 39.4 Å². The molecule has 4 nitrogen and oxygen atoms in total. The Morgan fingerprint density at radius 2 is 1.86 bits per heavy atom. The highest BCUT2D eigenvalue weighted by atomic mass is 32.1. The topological polar surface area (TPSA) is 27.7 Å². The minimum absolute atomic E-state index is 0.567. The van der Waals surface area contributed by atoms with Crippen molar-refractivity contribution in [2.24, 2.45) is 0 Å². The lowest BCUT2D eigenvalue weighted by Gasteiger charge is -2.30. The molecule has 0 aromatic heterocycles. The maximum atomic E-state index is 5.83. The monoisotopic (exact) mass is 403 g/mol. The summed E-state index contributed by atoms with van der Waals surface area (Å²) in [6, 6.07) is 9.63. The first-order valence-corrected chi connectivity index (χ1v) is 11.5. The molecule has 2 aliphatic rings. The minimum atomic E-state index is 0.567. The molecule has 1 heterocycles. The molecule has 5 heteroatoms. The molecular weight excluding hydrogens is 366 g/mol. The molecule has 1 saturated carbocycles. The largest absolute Gasteiger partial charge is 0.379 e. The van der Waals surface area contributed by atoms with Gasteiger partial charge in [-0.15, -0.1) is 0 Å². The maximum absolute atomic E-state index is 5.83. The highest BCUT2D eigenvalue weighted by molar-refractivity contribution is 7.80. The Labute approximate surface area is 176 Å². The predicted molar refractivity (Wildman–Crippen MR) is 121 cm³/mol. The number of ether oxygens (including phenoxy) is 1. The van der Waals surface area contributed by atoms with Gasteiger partial charge in [0.15, 0.2) is 5.11 Å². The van der Waals surface area contributed by atoms with Crippen LogP contribution in [-0.4, -0.2) is 60.3 Å². The molecule has 0 amide bonds. The molecule has 1 aromatic rings. The van der Waals surface area contributed by atoms with Crippen molar-refractivity contribution in [1.29, 1.82) is 0 Å². The number of benzene rings is 1. The van der Waals surface area contributed by atoms with E-state index in [0.717, 1.165) is 57.5 Å². The highest BCUT2D eigenvalue weighted by Gasteiger charge is 2.19. The fourth-order valence-electron chi connectivity index (χ4n) is 4.13. The van der Waals surface area contributed by atoms with Gasteiger partial charge in [0.05, 0.1) is 13.2 Å². The summed E-state index contributed by atoms with van der Waals surface area (Å²) in [5.74, 6) is 0.573. The van der Waals surface area contributed by atoms with Gasteiger partial charge in [0, 0.05) is 38.8 Å². The van der Waals surface area contributed by atoms with Gasteiger partial charge in [-0.1, -0.05) is 51.0 Å². The van der Waals surface area contributed by atoms with E-state index in [9.17, 15) is 0 Å². The smallest absolute Gasteiger partial charge is 0.169 e. The van der Waals surface area contributed by atoms with Gasteiger partial charge in [0.1, 0.15) is 0 Å². The average Bonchev–Trinajstić information content (AvgIpc) is 3.21. The second-order valence-corrected chi connectivity index (χ2v) is 8.94. The van der Waals surface area contributed by atoms with Crippen LogP contribution >= 0.6 is 12.2 Å². The van der Waals surface area contributed by atoms with Crippen LogP contribution in [0.2, 0.25) is 0 Å². The van der Waals surface area contributed by atoms with E-state index < -0.39 is 0 Å². The van der Waals surface area contributed by atoms with E-state index in [1.165, 1.54) is 36.8 Å². The molecule has 0 bridgehead atoms. The Hall–Kier alpha value is -1.17. The van der Waals surface area contributed by atoms with Crippen LogP contribution in [0.25, 0.3) is 0 Å². The molecule has 156 valence electrons. The molecule has 1 N–H and O–H groups in total. The second-order valence-electron chi connectivity index (χ2n) is 8.56. The number of rotatable bonds is 8. The van der Waals surface area contributed by atoms with Crippen LogP contribution in [0.15, 0.2) is 24.3 Å². The van der Waals surface area contributed by atoms with Gasteiger partial charge in [0.25, 0.3) is 0 Å². The second kappa shape index (κ2) is 11.1. The average molecular weight is 404 g/mol. The summed E-state index contributed by atoms with van der Waals surface area (Å²) in [5, 5.41) is 4.57. The third kappa shape index (κ3) is 6.71. The van der Waals surface area contributed by atoms with E-state index in [4.69, 9.17) is 17.0 Å². The van der Waals surface area contributed by atoms with Crippen LogP contribution in [0.3, 0.4) is 0 Å². The summed E-state index contributed by atoms with van der Waals surface area (Å²) in [6.45, 7) is 11.4. The third-order valence-corrected chi connectivity index (χ3v) is 6.37. The van der Waals surface area contributed by atoms with Crippen LogP contribution in [0.1, 0.15) is 63.0 Å². The SMILES string of the molecule is CC(C)c1ccc(CN(CCCN2CCOCC2)C(=S)NC2CCCC2)cc1. The summed E-state index contributed by atoms with van der Waals surface area (Å²) in [7, 11) is 0. The number of hydrogen-bond donors (Lipinski definition) is 1. The molecule has 28 heavy (non-hydrogen) atoms. The molecule has 1 saturated heterocycles. The van der Waals surface area contributed by atoms with Crippen LogP contribution in [0, 0.1) is 0 Å². The Balaban J connectivity index is 1.56. The van der Waals surface area contributed by atoms with Gasteiger partial charge >= 0.3 is 0 Å². The molecule has 1 aromatic carbocycles. The fraction of sp³-hybridized carbons (Fsp3) is 0.696. The number of hydrogen-bond acceptors (Lipinski definition) is 3. The summed E-state index contributed by atoms with van der Waals surface area (Å²) in [6.07, 6.45) is 6.30. The molecular formula is C23H37N3OS. The van der Waals surface area contributed by atoms with E-state index in [0.29, 0.717) is 12.0 Å². The van der Waals surface area contributed by atoms with Gasteiger partial charge < -0.3 is 15.0 Å². The maximum Gasteiger partial charge on any atom is 0.169 e. The van der Waals surface area contributed by atoms with E-state index in [-0.39, 0.29) is 0 Å². The number of morpholine rings is 1. The summed E-state index contributed by atoms with van der Waals surface area (Å²) >= 11 is 5.83. The van der Waals surface area contributed by atoms with Crippen LogP contribution in [-0.2, 0) is 11.3 Å². The Morgan fingerprint density at radius 1 is 1.18 bits per heavy atom. The van der Waals surface area contributed by atoms with Crippen LogP contribution in [0.4, 0.5) is 0 Å². The van der Waals surface area contributed by atoms with Crippen molar-refractivity contribution in [1.82, 2.24) is 15.1 Å². The third-order valence-electron chi connectivity index (χ3n) is 6.00. The normalized spacial score (nSPS) is 18.5. The summed E-state index contributed by atoms with van der Waals surface area (Å²) in [5.41, 5.74) is 2.74. The Morgan fingerprint density at radius 3 is 2.50 bits per heavy atom. The first-order valence-electron chi connectivity index (χ1n) is 11.1. The lowest BCUT2D eigenvalue weighted by Crippen LogP contribution is -2.45. The molecule has 1 aliphatic heterocycles. The quantitative estimate of drug-likeness (QED) is 0.658. The molecule has 0 atom stereocenters. The Kier molecular flexibility index (Phi) is 8.56. The summed E-state index contributed by atoms with van der Waals surface area (Å²) < 4.78 is 5.46. The van der Waals surface area contributed by atoms with Crippen LogP contribution < -0.4 is 5.32 Å². The zero-order chi connectivity index (χ0) is 19.8. The molecule has 0 unspecified atom stereocenters. The van der Waals surface area contributed by atoms with E-state index in [1.807, 2.05) is 0 Å². The number of nitrogens with one attached hydrogen (secondary N) is 1. The lowest BCUT2D eigenvalue weighted by atomic mass is 10.0. The molecule has 0 radical (unpaired) electrons. The van der Waals surface area contributed by atoms with Crippen molar-refractivity contribution >= 4 is 17.3 Å². The van der Waals surface area contributed by atoms with Crippen LogP contribution in [0.5, 0.6) is 0 Å². The predicted octanol–water partition coefficient (Wildman–Crippen LogP) is 4.15. The van der Waals surface area contributed by atoms with E-state index >= 15 is 0 Å². The fourth-order valence-corrected chi connectivity index (χ4v) is 4.45. The van der Waals surface area contributed by atoms with E-state index in [2.05, 4.69) is 53.2 Å². The lowest BCUT2D eigenvalue weighted by molar-refractivity contribution is 0.0367. The zero-order valence-corrected chi connectivity index (χ0v) is 18.5. The van der Waals surface area contributed by atoms with Crippen molar-refractivity contribution in [3.05, 3.63) is 35.4 Å². The van der Waals surface area contributed by atoms with Gasteiger partial charge in [-0.3, -0.25) is 4.90 Å². The standard InChI is InChI=1S/C23H37N3OS/c1-19(2)21-10-8-20(9-11-21)18-26(23(28)24-22-6-3-4-7-22)13-5-12-25-14-16-27-17-15-25/h8-11,19,22H,3-7,12-18H2,1-2H3,(H,24,28). The van der Waals surface area contributed by atoms with Gasteiger partial charge in [-0.05, 0) is 48.5 Å². The number of nitrogens with zero attached hydrogens (tertiary/aromatic N) is 2.